The first-order chi connectivity index (χ1) is 19.9. The number of nitriles is 1. The van der Waals surface area contributed by atoms with Crippen LogP contribution in [0.4, 0.5) is 16.3 Å². The molecule has 1 saturated heterocycles. The lowest BCUT2D eigenvalue weighted by Gasteiger charge is -2.42. The minimum Gasteiger partial charge on any atom is -0.477 e. The Kier molecular flexibility index (Phi) is 7.58. The molecule has 1 amide bonds. The Morgan fingerprint density at radius 1 is 1.02 bits per heavy atom. The van der Waals surface area contributed by atoms with Crippen LogP contribution >= 0.6 is 0 Å². The highest BCUT2D eigenvalue weighted by molar-refractivity contribution is 5.99. The Morgan fingerprint density at radius 2 is 1.64 bits per heavy atom. The second-order valence-corrected chi connectivity index (χ2v) is 12.0. The number of hydrogen-bond donors (Lipinski definition) is 1. The summed E-state index contributed by atoms with van der Waals surface area (Å²) in [6, 6.07) is 13.0. The van der Waals surface area contributed by atoms with Crippen LogP contribution in [0.5, 0.6) is 0 Å². The molecule has 220 valence electrons. The summed E-state index contributed by atoms with van der Waals surface area (Å²) >= 11 is 0. The predicted octanol–water partition coefficient (Wildman–Crippen LogP) is 4.71. The van der Waals surface area contributed by atoms with E-state index in [0.29, 0.717) is 42.5 Å². The fourth-order valence-electron chi connectivity index (χ4n) is 5.70. The molecule has 0 atom stereocenters. The highest BCUT2D eigenvalue weighted by Gasteiger charge is 2.40. The third-order valence-corrected chi connectivity index (χ3v) is 8.08. The summed E-state index contributed by atoms with van der Waals surface area (Å²) in [7, 11) is 1.69. The quantitative estimate of drug-likeness (QED) is 0.417. The minimum absolute atomic E-state index is 0.0377. The minimum atomic E-state index is -1.18. The first-order valence-electron chi connectivity index (χ1n) is 14.1. The van der Waals surface area contributed by atoms with Crippen LogP contribution in [-0.4, -0.2) is 82.3 Å². The normalized spacial score (nSPS) is 18.8. The monoisotopic (exact) mass is 572 g/mol. The van der Waals surface area contributed by atoms with E-state index >= 15 is 0 Å². The zero-order chi connectivity index (χ0) is 30.3. The van der Waals surface area contributed by atoms with E-state index in [4.69, 9.17) is 9.72 Å². The van der Waals surface area contributed by atoms with Crippen molar-refractivity contribution in [2.75, 3.05) is 43.0 Å². The summed E-state index contributed by atoms with van der Waals surface area (Å²) in [5, 5.41) is 20.5. The summed E-state index contributed by atoms with van der Waals surface area (Å²) in [6.07, 6.45) is 0.629. The molecule has 5 rings (SSSR count). The number of Topliss-reactive ketones (excluding diaryl/α,β-unsaturated/α-hetero) is 1. The maximum Gasteiger partial charge on any atom is 0.410 e. The van der Waals surface area contributed by atoms with Crippen molar-refractivity contribution >= 4 is 40.4 Å². The van der Waals surface area contributed by atoms with E-state index in [1.807, 2.05) is 51.1 Å². The van der Waals surface area contributed by atoms with E-state index in [9.17, 15) is 24.8 Å². The SMILES string of the molecule is CC(=O)c1ccc(N2CCN(c3ccc4c(C#N)c(C(=O)O)n([C@H]5C[C@H](N(C)C(=O)OC(C)(C)C)C5)c4n3)CC2)cc1. The zero-order valence-corrected chi connectivity index (χ0v) is 24.6. The van der Waals surface area contributed by atoms with Gasteiger partial charge in [-0.2, -0.15) is 5.26 Å². The van der Waals surface area contributed by atoms with Crippen LogP contribution in [-0.2, 0) is 4.74 Å². The maximum absolute atomic E-state index is 12.6. The number of ether oxygens (including phenoxy) is 1. The van der Waals surface area contributed by atoms with Gasteiger partial charge in [0.2, 0.25) is 0 Å². The van der Waals surface area contributed by atoms with E-state index < -0.39 is 17.7 Å². The average molecular weight is 573 g/mol. The molecular weight excluding hydrogens is 536 g/mol. The summed E-state index contributed by atoms with van der Waals surface area (Å²) in [4.78, 5) is 47.5. The van der Waals surface area contributed by atoms with Gasteiger partial charge in [0.25, 0.3) is 0 Å². The van der Waals surface area contributed by atoms with Crippen LogP contribution in [0.3, 0.4) is 0 Å². The topological polar surface area (TPSA) is 132 Å². The number of ketones is 1. The zero-order valence-electron chi connectivity index (χ0n) is 24.6. The Balaban J connectivity index is 1.37. The molecule has 1 aromatic carbocycles. The summed E-state index contributed by atoms with van der Waals surface area (Å²) < 4.78 is 7.17. The number of pyridine rings is 1. The molecule has 2 aliphatic rings. The Morgan fingerprint density at radius 3 is 2.19 bits per heavy atom. The number of carbonyl (C=O) groups is 3. The number of amides is 1. The van der Waals surface area contributed by atoms with Crippen LogP contribution in [0.25, 0.3) is 11.0 Å². The largest absolute Gasteiger partial charge is 0.477 e. The Bertz CT molecular complexity index is 1570. The number of piperazine rings is 1. The molecular formula is C31H36N6O5. The van der Waals surface area contributed by atoms with Crippen molar-refractivity contribution in [3.63, 3.8) is 0 Å². The van der Waals surface area contributed by atoms with Crippen molar-refractivity contribution in [2.45, 2.75) is 58.2 Å². The van der Waals surface area contributed by atoms with Gasteiger partial charge in [-0.15, -0.1) is 0 Å². The fraction of sp³-hybridized carbons (Fsp3) is 0.452. The molecule has 0 unspecified atom stereocenters. The highest BCUT2D eigenvalue weighted by Crippen LogP contribution is 2.41. The number of anilines is 2. The van der Waals surface area contributed by atoms with E-state index in [0.717, 1.165) is 24.6 Å². The lowest BCUT2D eigenvalue weighted by atomic mass is 9.85. The molecule has 1 saturated carbocycles. The molecule has 1 aliphatic heterocycles. The van der Waals surface area contributed by atoms with Crippen LogP contribution in [0.2, 0.25) is 0 Å². The van der Waals surface area contributed by atoms with Crippen molar-refractivity contribution in [3.05, 3.63) is 53.2 Å². The number of benzene rings is 1. The van der Waals surface area contributed by atoms with E-state index in [1.54, 1.807) is 29.5 Å². The molecule has 2 aromatic heterocycles. The third kappa shape index (κ3) is 5.49. The van der Waals surface area contributed by atoms with Crippen molar-refractivity contribution in [1.29, 1.82) is 5.26 Å². The fourth-order valence-corrected chi connectivity index (χ4v) is 5.70. The molecule has 0 bridgehead atoms. The summed E-state index contributed by atoms with van der Waals surface area (Å²) in [6.45, 7) is 9.91. The van der Waals surface area contributed by atoms with Crippen LogP contribution < -0.4 is 9.80 Å². The van der Waals surface area contributed by atoms with Gasteiger partial charge in [-0.05, 0) is 76.9 Å². The second kappa shape index (κ2) is 11.0. The molecule has 0 spiro atoms. The van der Waals surface area contributed by atoms with Crippen LogP contribution in [0.15, 0.2) is 36.4 Å². The van der Waals surface area contributed by atoms with Crippen molar-refractivity contribution < 1.29 is 24.2 Å². The van der Waals surface area contributed by atoms with E-state index in [2.05, 4.69) is 15.9 Å². The van der Waals surface area contributed by atoms with Gasteiger partial charge in [-0.25, -0.2) is 14.6 Å². The number of aromatic carboxylic acids is 1. The number of aromatic nitrogens is 2. The second-order valence-electron chi connectivity index (χ2n) is 12.0. The van der Waals surface area contributed by atoms with Crippen LogP contribution in [0.1, 0.15) is 73.0 Å². The number of nitrogens with zero attached hydrogens (tertiary/aromatic N) is 6. The molecule has 3 heterocycles. The van der Waals surface area contributed by atoms with Gasteiger partial charge < -0.3 is 29.1 Å². The van der Waals surface area contributed by atoms with E-state index in [1.165, 1.54) is 0 Å². The molecule has 11 heteroatoms. The van der Waals surface area contributed by atoms with Crippen LogP contribution in [0, 0.1) is 11.3 Å². The molecule has 42 heavy (non-hydrogen) atoms. The van der Waals surface area contributed by atoms with Crippen molar-refractivity contribution in [3.8, 4) is 6.07 Å². The first-order valence-corrected chi connectivity index (χ1v) is 14.1. The molecule has 1 N–H and O–H groups in total. The number of carboxylic acids is 1. The number of carbonyl (C=O) groups excluding carboxylic acids is 2. The van der Waals surface area contributed by atoms with Crippen molar-refractivity contribution in [2.24, 2.45) is 0 Å². The third-order valence-electron chi connectivity index (χ3n) is 8.08. The lowest BCUT2D eigenvalue weighted by Crippen LogP contribution is -2.48. The van der Waals surface area contributed by atoms with Gasteiger partial charge in [0.05, 0.1) is 5.56 Å². The van der Waals surface area contributed by atoms with Gasteiger partial charge >= 0.3 is 12.1 Å². The Labute approximate surface area is 244 Å². The number of rotatable bonds is 6. The van der Waals surface area contributed by atoms with E-state index in [-0.39, 0.29) is 29.1 Å². The summed E-state index contributed by atoms with van der Waals surface area (Å²) in [5.74, 6) is -0.425. The molecule has 11 nitrogen and oxygen atoms in total. The van der Waals surface area contributed by atoms with Crippen molar-refractivity contribution in [1.82, 2.24) is 14.5 Å². The molecule has 3 aromatic rings. The summed E-state index contributed by atoms with van der Waals surface area (Å²) in [5.41, 5.74) is 1.61. The maximum atomic E-state index is 12.6. The van der Waals surface area contributed by atoms with Gasteiger partial charge in [0.1, 0.15) is 28.8 Å². The van der Waals surface area contributed by atoms with Gasteiger partial charge in [0.15, 0.2) is 5.78 Å². The smallest absolute Gasteiger partial charge is 0.410 e. The number of hydrogen-bond acceptors (Lipinski definition) is 8. The van der Waals surface area contributed by atoms with Gasteiger partial charge in [-0.1, -0.05) is 0 Å². The molecule has 1 aliphatic carbocycles. The van der Waals surface area contributed by atoms with Gasteiger partial charge in [0, 0.05) is 61.9 Å². The molecule has 0 radical (unpaired) electrons. The first kappa shape index (κ1) is 28.9. The standard InChI is InChI=1S/C31H36N6O5/c1-19(38)20-6-8-21(9-7-20)35-12-14-36(15-13-35)26-11-10-24-25(18-32)27(29(39)40)37(28(24)33-26)23-16-22(17-23)34(5)30(41)42-31(2,3)4/h6-11,22-23H,12-17H2,1-5H3,(H,39,40)/t22-,23-. The number of fused-ring (bicyclic) bond motifs is 1. The predicted molar refractivity (Wildman–Crippen MR) is 158 cm³/mol. The number of carboxylic acid groups (broad SMARTS) is 1. The average Bonchev–Trinajstić information content (AvgIpc) is 3.25. The van der Waals surface area contributed by atoms with Gasteiger partial charge in [-0.3, -0.25) is 4.79 Å². The lowest BCUT2D eigenvalue weighted by molar-refractivity contribution is 0.00764. The molecule has 2 fully saturated rings. The Hall–Kier alpha value is -4.59. The highest BCUT2D eigenvalue weighted by atomic mass is 16.6.